The lowest BCUT2D eigenvalue weighted by atomic mass is 9.85. The summed E-state index contributed by atoms with van der Waals surface area (Å²) < 4.78 is 32.5. The molecule has 48 heavy (non-hydrogen) atoms. The monoisotopic (exact) mass is 704 g/mol. The first-order chi connectivity index (χ1) is 22.2. The zero-order valence-electron chi connectivity index (χ0n) is 28.2. The molecule has 0 radical (unpaired) electrons. The fourth-order valence-corrected chi connectivity index (χ4v) is 8.17. The molecule has 1 spiro atoms. The van der Waals surface area contributed by atoms with E-state index in [1.165, 1.54) is 4.90 Å². The van der Waals surface area contributed by atoms with Gasteiger partial charge >= 0.3 is 6.09 Å². The zero-order chi connectivity index (χ0) is 35.4. The maximum Gasteiger partial charge on any atom is 0.408 e. The number of rotatable bonds is 10. The Morgan fingerprint density at radius 1 is 1.19 bits per heavy atom. The van der Waals surface area contributed by atoms with Gasteiger partial charge in [0.1, 0.15) is 11.6 Å². The number of Topliss-reactive ketones (excluding diaryl/α,β-unsaturated/α-hetero) is 1. The highest BCUT2D eigenvalue weighted by atomic mass is 35.5. The summed E-state index contributed by atoms with van der Waals surface area (Å²) in [4.78, 5) is 61.9. The predicted octanol–water partition coefficient (Wildman–Crippen LogP) is 4.36. The zero-order valence-corrected chi connectivity index (χ0v) is 29.8. The van der Waals surface area contributed by atoms with Crippen LogP contribution in [0.25, 0.3) is 0 Å². The van der Waals surface area contributed by atoms with Gasteiger partial charge in [0, 0.05) is 35.8 Å². The number of ether oxygens (including phenoxy) is 1. The van der Waals surface area contributed by atoms with Gasteiger partial charge < -0.3 is 19.8 Å². The average molecular weight is 705 g/mol. The van der Waals surface area contributed by atoms with Crippen LogP contribution in [0, 0.1) is 23.2 Å². The van der Waals surface area contributed by atoms with Crippen LogP contribution >= 0.6 is 11.6 Å². The number of oxime groups is 1. The SMILES string of the molecule is C=C[C@H]1[C@H](CC(=O)[C@@H]2C[C@]3(CC(c4cccc(Cl)c4)=NO3)CN2C(=O)[C@@H](NC(=O)OC(C)(C)C)C(C)(C)C)[C@H]1C(=O)NS(=O)(=O)C1CC1. The molecule has 1 saturated heterocycles. The van der Waals surface area contributed by atoms with Gasteiger partial charge in [-0.3, -0.25) is 19.1 Å². The van der Waals surface area contributed by atoms with E-state index in [9.17, 15) is 27.6 Å². The number of likely N-dealkylation sites (tertiary alicyclic amines) is 1. The van der Waals surface area contributed by atoms with Crippen LogP contribution in [0.5, 0.6) is 0 Å². The quantitative estimate of drug-likeness (QED) is 0.340. The van der Waals surface area contributed by atoms with Gasteiger partial charge in [-0.1, -0.05) is 55.7 Å². The molecule has 6 atom stereocenters. The fraction of sp³-hybridized carbons (Fsp3) is 0.618. The molecule has 2 saturated carbocycles. The topological polar surface area (TPSA) is 161 Å². The minimum Gasteiger partial charge on any atom is -0.444 e. The Morgan fingerprint density at radius 3 is 2.46 bits per heavy atom. The number of nitrogens with one attached hydrogen (secondary N) is 2. The van der Waals surface area contributed by atoms with Gasteiger partial charge in [0.25, 0.3) is 0 Å². The van der Waals surface area contributed by atoms with Crippen molar-refractivity contribution in [1.82, 2.24) is 14.9 Å². The molecule has 1 aromatic rings. The number of amides is 3. The summed E-state index contributed by atoms with van der Waals surface area (Å²) in [6.07, 6.45) is 2.18. The highest BCUT2D eigenvalue weighted by molar-refractivity contribution is 7.90. The molecule has 4 aliphatic rings. The van der Waals surface area contributed by atoms with Crippen molar-refractivity contribution in [3.63, 3.8) is 0 Å². The summed E-state index contributed by atoms with van der Waals surface area (Å²) in [5, 5.41) is 7.02. The van der Waals surface area contributed by atoms with Crippen LogP contribution in [0.1, 0.15) is 79.2 Å². The molecule has 3 fully saturated rings. The molecule has 0 bridgehead atoms. The minimum absolute atomic E-state index is 0.0253. The molecule has 3 amide bonds. The molecule has 0 unspecified atom stereocenters. The van der Waals surface area contributed by atoms with E-state index in [0.29, 0.717) is 30.0 Å². The first kappa shape index (κ1) is 35.8. The fourth-order valence-electron chi connectivity index (χ4n) is 6.64. The molecule has 0 aromatic heterocycles. The van der Waals surface area contributed by atoms with Crippen molar-refractivity contribution in [3.8, 4) is 0 Å². The molecule has 2 heterocycles. The summed E-state index contributed by atoms with van der Waals surface area (Å²) in [5.74, 6) is -3.02. The van der Waals surface area contributed by atoms with Gasteiger partial charge in [0.2, 0.25) is 21.8 Å². The lowest BCUT2D eigenvalue weighted by molar-refractivity contribution is -0.142. The van der Waals surface area contributed by atoms with Gasteiger partial charge in [-0.15, -0.1) is 6.58 Å². The maximum absolute atomic E-state index is 14.4. The number of hydrogen-bond acceptors (Lipinski definition) is 9. The van der Waals surface area contributed by atoms with Gasteiger partial charge in [0.15, 0.2) is 11.4 Å². The van der Waals surface area contributed by atoms with Crippen molar-refractivity contribution < 1.29 is 37.2 Å². The first-order valence-electron chi connectivity index (χ1n) is 16.3. The summed E-state index contributed by atoms with van der Waals surface area (Å²) in [7, 11) is -3.76. The number of halogens is 1. The summed E-state index contributed by atoms with van der Waals surface area (Å²) in [6.45, 7) is 14.4. The summed E-state index contributed by atoms with van der Waals surface area (Å²) in [6, 6.07) is 5.15. The van der Waals surface area contributed by atoms with Crippen LogP contribution in [-0.2, 0) is 34.0 Å². The molecule has 2 aliphatic carbocycles. The number of alkyl carbamates (subject to hydrolysis) is 1. The lowest BCUT2D eigenvalue weighted by Crippen LogP contribution is -2.57. The van der Waals surface area contributed by atoms with E-state index in [4.69, 9.17) is 21.2 Å². The Bertz CT molecular complexity index is 1640. The number of carbonyl (C=O) groups excluding carboxylic acids is 4. The second kappa shape index (κ2) is 12.8. The number of carbonyl (C=O) groups is 4. The van der Waals surface area contributed by atoms with Crippen LogP contribution in [0.15, 0.2) is 42.1 Å². The van der Waals surface area contributed by atoms with Crippen LogP contribution in [0.2, 0.25) is 5.02 Å². The summed E-state index contributed by atoms with van der Waals surface area (Å²) >= 11 is 6.22. The van der Waals surface area contributed by atoms with E-state index in [1.807, 2.05) is 6.07 Å². The van der Waals surface area contributed by atoms with Crippen molar-refractivity contribution in [2.45, 2.75) is 102 Å². The molecule has 2 N–H and O–H groups in total. The number of sulfonamides is 1. The third kappa shape index (κ3) is 7.88. The molecule has 1 aromatic carbocycles. The van der Waals surface area contributed by atoms with Crippen LogP contribution < -0.4 is 10.0 Å². The molecule has 262 valence electrons. The van der Waals surface area contributed by atoms with Crippen molar-refractivity contribution >= 4 is 51.0 Å². The molecule has 14 heteroatoms. The second-order valence-corrected chi connectivity index (χ2v) is 17.9. The summed E-state index contributed by atoms with van der Waals surface area (Å²) in [5.41, 5.74) is -1.20. The highest BCUT2D eigenvalue weighted by Crippen LogP contribution is 2.51. The Balaban J connectivity index is 1.38. The number of allylic oxidation sites excluding steroid dienone is 1. The molecule has 12 nitrogen and oxygen atoms in total. The van der Waals surface area contributed by atoms with Crippen LogP contribution in [0.4, 0.5) is 4.79 Å². The van der Waals surface area contributed by atoms with Gasteiger partial charge in [-0.25, -0.2) is 13.2 Å². The van der Waals surface area contributed by atoms with Crippen molar-refractivity contribution in [2.75, 3.05) is 6.54 Å². The van der Waals surface area contributed by atoms with Crippen LogP contribution in [-0.4, -0.2) is 77.8 Å². The van der Waals surface area contributed by atoms with Gasteiger partial charge in [0.05, 0.1) is 23.5 Å². The van der Waals surface area contributed by atoms with E-state index in [2.05, 4.69) is 21.8 Å². The van der Waals surface area contributed by atoms with Crippen molar-refractivity contribution in [2.24, 2.45) is 28.3 Å². The third-order valence-corrected chi connectivity index (χ3v) is 11.3. The average Bonchev–Trinajstić information content (AvgIpc) is 3.87. The molecular formula is C34H45ClN4O8S. The molecule has 2 aliphatic heterocycles. The number of benzene rings is 1. The van der Waals surface area contributed by atoms with Crippen molar-refractivity contribution in [3.05, 3.63) is 47.5 Å². The normalized spacial score (nSPS) is 27.5. The van der Waals surface area contributed by atoms with E-state index in [0.717, 1.165) is 5.56 Å². The Labute approximate surface area is 287 Å². The smallest absolute Gasteiger partial charge is 0.408 e. The Kier molecular flexibility index (Phi) is 9.54. The third-order valence-electron chi connectivity index (χ3n) is 9.27. The molecule has 5 rings (SSSR count). The lowest BCUT2D eigenvalue weighted by Gasteiger charge is -2.35. The minimum atomic E-state index is -3.76. The number of nitrogens with zero attached hydrogens (tertiary/aromatic N) is 2. The second-order valence-electron chi connectivity index (χ2n) is 15.5. The van der Waals surface area contributed by atoms with Crippen molar-refractivity contribution in [1.29, 1.82) is 0 Å². The first-order valence-corrected chi connectivity index (χ1v) is 18.2. The standard InChI is InChI=1S/C34H45ClN4O8S/c1-8-22-23(27(22)29(41)38-48(44,45)21-12-13-21)15-26(40)25-17-34(16-24(37-47-34)19-10-9-11-20(35)14-19)18-39(25)30(42)28(32(2,3)4)36-31(43)46-33(5,6)7/h8-11,14,21-23,25,27-28H,1,12-13,15-18H2,2-7H3,(H,36,43)(H,38,41)/t22-,23-,25-,27-,28+,34+/m0/s1. The van der Waals surface area contributed by atoms with E-state index in [-0.39, 0.29) is 31.1 Å². The van der Waals surface area contributed by atoms with Crippen LogP contribution in [0.3, 0.4) is 0 Å². The van der Waals surface area contributed by atoms with E-state index >= 15 is 0 Å². The number of ketones is 1. The highest BCUT2D eigenvalue weighted by Gasteiger charge is 2.59. The molecular weight excluding hydrogens is 660 g/mol. The predicted molar refractivity (Wildman–Crippen MR) is 180 cm³/mol. The van der Waals surface area contributed by atoms with E-state index < -0.39 is 73.7 Å². The maximum atomic E-state index is 14.4. The Morgan fingerprint density at radius 2 is 1.88 bits per heavy atom. The number of hydrogen-bond donors (Lipinski definition) is 2. The van der Waals surface area contributed by atoms with Gasteiger partial charge in [-0.2, -0.15) is 0 Å². The van der Waals surface area contributed by atoms with Gasteiger partial charge in [-0.05, 0) is 63.0 Å². The largest absolute Gasteiger partial charge is 0.444 e. The Hall–Kier alpha value is -3.45. The van der Waals surface area contributed by atoms with E-state index in [1.54, 1.807) is 65.8 Å².